The summed E-state index contributed by atoms with van der Waals surface area (Å²) in [7, 11) is 0. The second kappa shape index (κ2) is 7.24. The zero-order chi connectivity index (χ0) is 12.6. The number of nitrogens with one attached hydrogen (secondary N) is 1. The number of hydrogen-bond donors (Lipinski definition) is 2. The lowest BCUT2D eigenvalue weighted by Gasteiger charge is -2.22. The van der Waals surface area contributed by atoms with Crippen LogP contribution in [0.15, 0.2) is 24.3 Å². The summed E-state index contributed by atoms with van der Waals surface area (Å²) in [5, 5.41) is 3.38. The third kappa shape index (κ3) is 4.55. The molecular weight excluding hydrogens is 228 g/mol. The Balaban J connectivity index is 1.54. The van der Waals surface area contributed by atoms with Gasteiger partial charge < -0.3 is 20.5 Å². The molecule has 0 bridgehead atoms. The minimum Gasteiger partial charge on any atom is -0.491 e. The second-order valence-corrected chi connectivity index (χ2v) is 4.70. The molecule has 100 valence electrons. The summed E-state index contributed by atoms with van der Waals surface area (Å²) in [6.07, 6.45) is 2.53. The van der Waals surface area contributed by atoms with Gasteiger partial charge in [-0.2, -0.15) is 0 Å². The highest BCUT2D eigenvalue weighted by molar-refractivity contribution is 5.41. The van der Waals surface area contributed by atoms with Crippen molar-refractivity contribution >= 4 is 5.69 Å². The van der Waals surface area contributed by atoms with Gasteiger partial charge in [0, 0.05) is 12.2 Å². The molecule has 1 aliphatic heterocycles. The predicted molar refractivity (Wildman–Crippen MR) is 72.8 cm³/mol. The lowest BCUT2D eigenvalue weighted by atomic mass is 10.0. The molecule has 1 atom stereocenters. The highest BCUT2D eigenvalue weighted by Gasteiger charge is 2.12. The topological polar surface area (TPSA) is 56.5 Å². The average Bonchev–Trinajstić information content (AvgIpc) is 2.42. The van der Waals surface area contributed by atoms with E-state index in [0.29, 0.717) is 19.1 Å². The van der Waals surface area contributed by atoms with Crippen molar-refractivity contribution in [3.63, 3.8) is 0 Å². The molecule has 18 heavy (non-hydrogen) atoms. The van der Waals surface area contributed by atoms with Crippen LogP contribution in [0.5, 0.6) is 5.75 Å². The number of anilines is 1. The summed E-state index contributed by atoms with van der Waals surface area (Å²) >= 11 is 0. The van der Waals surface area contributed by atoms with Gasteiger partial charge in [-0.15, -0.1) is 0 Å². The van der Waals surface area contributed by atoms with Crippen LogP contribution in [0, 0.1) is 5.92 Å². The smallest absolute Gasteiger partial charge is 0.119 e. The Morgan fingerprint density at radius 2 is 2.06 bits per heavy atom. The van der Waals surface area contributed by atoms with Gasteiger partial charge in [0.1, 0.15) is 12.4 Å². The monoisotopic (exact) mass is 250 g/mol. The van der Waals surface area contributed by atoms with Crippen LogP contribution in [0.3, 0.4) is 0 Å². The quantitative estimate of drug-likeness (QED) is 0.595. The van der Waals surface area contributed by atoms with E-state index in [4.69, 9.17) is 15.2 Å². The van der Waals surface area contributed by atoms with Crippen LogP contribution in [0.4, 0.5) is 5.69 Å². The lowest BCUT2D eigenvalue weighted by molar-refractivity contribution is 0.0671. The first-order chi connectivity index (χ1) is 8.84. The Bertz CT molecular complexity index is 334. The highest BCUT2D eigenvalue weighted by Crippen LogP contribution is 2.13. The van der Waals surface area contributed by atoms with Gasteiger partial charge in [0.2, 0.25) is 0 Å². The summed E-state index contributed by atoms with van der Waals surface area (Å²) in [6, 6.07) is 7.43. The van der Waals surface area contributed by atoms with Gasteiger partial charge in [-0.3, -0.25) is 0 Å². The zero-order valence-corrected chi connectivity index (χ0v) is 10.7. The summed E-state index contributed by atoms with van der Waals surface area (Å²) in [4.78, 5) is 0. The van der Waals surface area contributed by atoms with Crippen LogP contribution in [-0.4, -0.2) is 32.9 Å². The Kier molecular flexibility index (Phi) is 5.30. The van der Waals surface area contributed by atoms with Crippen molar-refractivity contribution in [1.82, 2.24) is 5.32 Å². The second-order valence-electron chi connectivity index (χ2n) is 4.70. The fraction of sp³-hybridized carbons (Fsp3) is 0.571. The first-order valence-electron chi connectivity index (χ1n) is 6.61. The number of nitrogen functional groups attached to an aromatic ring is 1. The van der Waals surface area contributed by atoms with Crippen LogP contribution in [0.1, 0.15) is 12.8 Å². The molecule has 1 fully saturated rings. The first-order valence-corrected chi connectivity index (χ1v) is 6.61. The van der Waals surface area contributed by atoms with Crippen molar-refractivity contribution < 1.29 is 9.47 Å². The van der Waals surface area contributed by atoms with Crippen molar-refractivity contribution in [2.45, 2.75) is 12.8 Å². The molecule has 0 amide bonds. The molecule has 1 unspecified atom stereocenters. The third-order valence-corrected chi connectivity index (χ3v) is 3.13. The normalized spacial score (nSPS) is 19.7. The van der Waals surface area contributed by atoms with E-state index >= 15 is 0 Å². The molecule has 4 nitrogen and oxygen atoms in total. The standard InChI is InChI=1S/C14H22N2O2/c15-13-3-5-14(6-4-13)18-9-8-17-11-12-2-1-7-16-10-12/h3-6,12,16H,1-2,7-11,15H2. The summed E-state index contributed by atoms with van der Waals surface area (Å²) in [5.41, 5.74) is 6.35. The lowest BCUT2D eigenvalue weighted by Crippen LogP contribution is -2.32. The van der Waals surface area contributed by atoms with E-state index in [0.717, 1.165) is 31.1 Å². The van der Waals surface area contributed by atoms with Crippen molar-refractivity contribution in [3.05, 3.63) is 24.3 Å². The van der Waals surface area contributed by atoms with Gasteiger partial charge in [0.25, 0.3) is 0 Å². The Morgan fingerprint density at radius 3 is 2.78 bits per heavy atom. The van der Waals surface area contributed by atoms with Crippen LogP contribution >= 0.6 is 0 Å². The summed E-state index contributed by atoms with van der Waals surface area (Å²) in [6.45, 7) is 4.29. The van der Waals surface area contributed by atoms with Crippen molar-refractivity contribution in [2.75, 3.05) is 38.6 Å². The Morgan fingerprint density at radius 1 is 1.22 bits per heavy atom. The maximum atomic E-state index is 5.63. The molecule has 0 spiro atoms. The first kappa shape index (κ1) is 13.2. The molecule has 0 aromatic heterocycles. The SMILES string of the molecule is Nc1ccc(OCCOCC2CCCNC2)cc1. The molecule has 1 aromatic carbocycles. The number of benzene rings is 1. The van der Waals surface area contributed by atoms with E-state index in [1.807, 2.05) is 24.3 Å². The van der Waals surface area contributed by atoms with Crippen molar-refractivity contribution in [2.24, 2.45) is 5.92 Å². The number of piperidine rings is 1. The molecule has 1 heterocycles. The summed E-state index contributed by atoms with van der Waals surface area (Å²) in [5.74, 6) is 1.50. The predicted octanol–water partition coefficient (Wildman–Crippen LogP) is 1.66. The number of nitrogens with two attached hydrogens (primary N) is 1. The fourth-order valence-corrected chi connectivity index (χ4v) is 2.10. The van der Waals surface area contributed by atoms with Crippen LogP contribution in [-0.2, 0) is 4.74 Å². The van der Waals surface area contributed by atoms with E-state index in [2.05, 4.69) is 5.32 Å². The zero-order valence-electron chi connectivity index (χ0n) is 10.7. The van der Waals surface area contributed by atoms with Crippen molar-refractivity contribution in [1.29, 1.82) is 0 Å². The Labute approximate surface area is 108 Å². The molecule has 2 rings (SSSR count). The maximum absolute atomic E-state index is 5.63. The molecule has 0 aliphatic carbocycles. The molecule has 1 aromatic rings. The number of ether oxygens (including phenoxy) is 2. The van der Waals surface area contributed by atoms with Crippen LogP contribution < -0.4 is 15.8 Å². The molecule has 3 N–H and O–H groups in total. The van der Waals surface area contributed by atoms with Crippen LogP contribution in [0.2, 0.25) is 0 Å². The van der Waals surface area contributed by atoms with Gasteiger partial charge in [-0.1, -0.05) is 0 Å². The van der Waals surface area contributed by atoms with E-state index in [1.165, 1.54) is 12.8 Å². The van der Waals surface area contributed by atoms with Crippen molar-refractivity contribution in [3.8, 4) is 5.75 Å². The fourth-order valence-electron chi connectivity index (χ4n) is 2.10. The van der Waals surface area contributed by atoms with Gasteiger partial charge in [-0.05, 0) is 49.6 Å². The minimum absolute atomic E-state index is 0.587. The van der Waals surface area contributed by atoms with E-state index in [-0.39, 0.29) is 0 Å². The molecule has 0 saturated carbocycles. The molecule has 4 heteroatoms. The third-order valence-electron chi connectivity index (χ3n) is 3.13. The van der Waals surface area contributed by atoms with E-state index in [9.17, 15) is 0 Å². The molecule has 0 radical (unpaired) electrons. The van der Waals surface area contributed by atoms with Gasteiger partial charge in [-0.25, -0.2) is 0 Å². The average molecular weight is 250 g/mol. The largest absolute Gasteiger partial charge is 0.491 e. The van der Waals surface area contributed by atoms with Gasteiger partial charge >= 0.3 is 0 Å². The summed E-state index contributed by atoms with van der Waals surface area (Å²) < 4.78 is 11.2. The van der Waals surface area contributed by atoms with Gasteiger partial charge in [0.15, 0.2) is 0 Å². The van der Waals surface area contributed by atoms with Crippen LogP contribution in [0.25, 0.3) is 0 Å². The highest BCUT2D eigenvalue weighted by atomic mass is 16.5. The number of rotatable bonds is 6. The molecular formula is C14H22N2O2. The molecule has 1 aliphatic rings. The van der Waals surface area contributed by atoms with E-state index < -0.39 is 0 Å². The Hall–Kier alpha value is -1.26. The van der Waals surface area contributed by atoms with E-state index in [1.54, 1.807) is 0 Å². The minimum atomic E-state index is 0.587. The maximum Gasteiger partial charge on any atom is 0.119 e. The molecule has 1 saturated heterocycles. The number of hydrogen-bond acceptors (Lipinski definition) is 4. The van der Waals surface area contributed by atoms with Gasteiger partial charge in [0.05, 0.1) is 13.2 Å².